The van der Waals surface area contributed by atoms with Gasteiger partial charge in [0.15, 0.2) is 9.84 Å². The Morgan fingerprint density at radius 3 is 2.54 bits per heavy atom. The molecule has 2 heterocycles. The van der Waals surface area contributed by atoms with Crippen LogP contribution in [0.5, 0.6) is 0 Å². The van der Waals surface area contributed by atoms with E-state index in [1.54, 1.807) is 18.2 Å². The molecule has 26 heavy (non-hydrogen) atoms. The van der Waals surface area contributed by atoms with E-state index in [0.29, 0.717) is 35.3 Å². The third-order valence-corrected chi connectivity index (χ3v) is 6.87. The SMILES string of the molecule is O=C(CN(CC1CCCO1)C1CCS(=O)(=O)C1)Nc1cc(Cl)cc(Cl)c1. The lowest BCUT2D eigenvalue weighted by molar-refractivity contribution is -0.118. The molecule has 0 aliphatic carbocycles. The molecular formula is C17H22Cl2N2O4S. The Balaban J connectivity index is 1.66. The number of anilines is 1. The summed E-state index contributed by atoms with van der Waals surface area (Å²) in [6.45, 7) is 1.38. The van der Waals surface area contributed by atoms with Gasteiger partial charge in [-0.3, -0.25) is 9.69 Å². The predicted octanol–water partition coefficient (Wildman–Crippen LogP) is 2.60. The number of nitrogens with zero attached hydrogens (tertiary/aromatic N) is 1. The van der Waals surface area contributed by atoms with Crippen LogP contribution in [-0.2, 0) is 19.4 Å². The van der Waals surface area contributed by atoms with Gasteiger partial charge in [-0.25, -0.2) is 8.42 Å². The number of halogens is 2. The normalized spacial score (nSPS) is 24.9. The Bertz CT molecular complexity index is 746. The molecule has 2 saturated heterocycles. The summed E-state index contributed by atoms with van der Waals surface area (Å²) in [6, 6.07) is 4.68. The lowest BCUT2D eigenvalue weighted by Crippen LogP contribution is -2.45. The highest BCUT2D eigenvalue weighted by Gasteiger charge is 2.34. The number of rotatable bonds is 6. The Morgan fingerprint density at radius 1 is 1.23 bits per heavy atom. The van der Waals surface area contributed by atoms with E-state index in [0.717, 1.165) is 12.8 Å². The Morgan fingerprint density at radius 2 is 1.96 bits per heavy atom. The first-order chi connectivity index (χ1) is 12.3. The summed E-state index contributed by atoms with van der Waals surface area (Å²) >= 11 is 11.9. The van der Waals surface area contributed by atoms with Crippen LogP contribution >= 0.6 is 23.2 Å². The molecule has 2 atom stereocenters. The van der Waals surface area contributed by atoms with E-state index in [1.165, 1.54) is 0 Å². The maximum atomic E-state index is 12.5. The van der Waals surface area contributed by atoms with Gasteiger partial charge in [-0.2, -0.15) is 0 Å². The van der Waals surface area contributed by atoms with Gasteiger partial charge in [0.25, 0.3) is 0 Å². The molecule has 0 saturated carbocycles. The van der Waals surface area contributed by atoms with Crippen molar-refractivity contribution in [3.05, 3.63) is 28.2 Å². The highest BCUT2D eigenvalue weighted by molar-refractivity contribution is 7.91. The van der Waals surface area contributed by atoms with Crippen molar-refractivity contribution in [3.8, 4) is 0 Å². The van der Waals surface area contributed by atoms with Gasteiger partial charge in [-0.15, -0.1) is 0 Å². The van der Waals surface area contributed by atoms with Crippen LogP contribution in [0.2, 0.25) is 10.0 Å². The van der Waals surface area contributed by atoms with Crippen molar-refractivity contribution in [1.29, 1.82) is 0 Å². The standard InChI is InChI=1S/C17H22Cl2N2O4S/c18-12-6-13(19)8-14(7-12)20-17(22)10-21(9-16-2-1-4-25-16)15-3-5-26(23,24)11-15/h6-8,15-16H,1-5,9-11H2,(H,20,22). The average molecular weight is 421 g/mol. The quantitative estimate of drug-likeness (QED) is 0.764. The summed E-state index contributed by atoms with van der Waals surface area (Å²) in [4.78, 5) is 14.4. The van der Waals surface area contributed by atoms with Crippen LogP contribution in [-0.4, -0.2) is 62.6 Å². The summed E-state index contributed by atoms with van der Waals surface area (Å²) < 4.78 is 29.4. The van der Waals surface area contributed by atoms with Crippen molar-refractivity contribution in [2.45, 2.75) is 31.4 Å². The third-order valence-electron chi connectivity index (χ3n) is 4.68. The van der Waals surface area contributed by atoms with Crippen molar-refractivity contribution < 1.29 is 17.9 Å². The van der Waals surface area contributed by atoms with Gasteiger partial charge in [0, 0.05) is 34.9 Å². The number of amides is 1. The second-order valence-corrected chi connectivity index (χ2v) is 9.93. The minimum absolute atomic E-state index is 0.0479. The van der Waals surface area contributed by atoms with Gasteiger partial charge in [0.05, 0.1) is 24.2 Å². The van der Waals surface area contributed by atoms with E-state index in [2.05, 4.69) is 5.32 Å². The molecule has 0 radical (unpaired) electrons. The molecule has 2 aliphatic heterocycles. The summed E-state index contributed by atoms with van der Waals surface area (Å²) in [7, 11) is -3.03. The predicted molar refractivity (Wildman–Crippen MR) is 103 cm³/mol. The maximum Gasteiger partial charge on any atom is 0.238 e. The van der Waals surface area contributed by atoms with Crippen molar-refractivity contribution in [3.63, 3.8) is 0 Å². The fourth-order valence-electron chi connectivity index (χ4n) is 3.47. The molecule has 0 aromatic heterocycles. The summed E-state index contributed by atoms with van der Waals surface area (Å²) in [6.07, 6.45) is 2.52. The molecule has 6 nitrogen and oxygen atoms in total. The lowest BCUT2D eigenvalue weighted by atomic mass is 10.1. The van der Waals surface area contributed by atoms with Crippen molar-refractivity contribution >= 4 is 44.6 Å². The van der Waals surface area contributed by atoms with Gasteiger partial charge < -0.3 is 10.1 Å². The third kappa shape index (κ3) is 5.57. The van der Waals surface area contributed by atoms with Crippen LogP contribution in [0.15, 0.2) is 18.2 Å². The number of hydrogen-bond acceptors (Lipinski definition) is 5. The molecule has 0 bridgehead atoms. The van der Waals surface area contributed by atoms with E-state index >= 15 is 0 Å². The first kappa shape index (κ1) is 19.9. The van der Waals surface area contributed by atoms with Crippen LogP contribution in [0.1, 0.15) is 19.3 Å². The summed E-state index contributed by atoms with van der Waals surface area (Å²) in [5, 5.41) is 3.66. The molecule has 1 amide bonds. The monoisotopic (exact) mass is 420 g/mol. The summed E-state index contributed by atoms with van der Waals surface area (Å²) in [5.41, 5.74) is 0.517. The van der Waals surface area contributed by atoms with Crippen molar-refractivity contribution in [1.82, 2.24) is 4.90 Å². The second-order valence-electron chi connectivity index (χ2n) is 6.83. The molecule has 3 rings (SSSR count). The topological polar surface area (TPSA) is 75.7 Å². The van der Waals surface area contributed by atoms with Crippen LogP contribution in [0, 0.1) is 0 Å². The second kappa shape index (κ2) is 8.44. The zero-order valence-corrected chi connectivity index (χ0v) is 16.6. The van der Waals surface area contributed by atoms with Crippen LogP contribution < -0.4 is 5.32 Å². The van der Waals surface area contributed by atoms with E-state index in [1.807, 2.05) is 4.90 Å². The zero-order valence-electron chi connectivity index (χ0n) is 14.3. The lowest BCUT2D eigenvalue weighted by Gasteiger charge is -2.29. The Labute approximate surface area is 163 Å². The number of sulfone groups is 1. The molecular weight excluding hydrogens is 399 g/mol. The number of carbonyl (C=O) groups is 1. The van der Waals surface area contributed by atoms with E-state index in [9.17, 15) is 13.2 Å². The van der Waals surface area contributed by atoms with E-state index in [4.69, 9.17) is 27.9 Å². The number of benzene rings is 1. The molecule has 1 aromatic carbocycles. The van der Waals surface area contributed by atoms with Gasteiger partial charge >= 0.3 is 0 Å². The maximum absolute atomic E-state index is 12.5. The van der Waals surface area contributed by atoms with Crippen LogP contribution in [0.4, 0.5) is 5.69 Å². The van der Waals surface area contributed by atoms with Crippen molar-refractivity contribution in [2.75, 3.05) is 36.5 Å². The van der Waals surface area contributed by atoms with E-state index in [-0.39, 0.29) is 36.1 Å². The largest absolute Gasteiger partial charge is 0.377 e. The molecule has 1 aromatic rings. The molecule has 1 N–H and O–H groups in total. The number of ether oxygens (including phenoxy) is 1. The molecule has 2 fully saturated rings. The van der Waals surface area contributed by atoms with Gasteiger partial charge in [0.2, 0.25) is 5.91 Å². The Hall–Kier alpha value is -0.860. The molecule has 2 unspecified atom stereocenters. The van der Waals surface area contributed by atoms with Gasteiger partial charge in [0.1, 0.15) is 0 Å². The Kier molecular flexibility index (Phi) is 6.45. The minimum atomic E-state index is -3.03. The molecule has 9 heteroatoms. The number of nitrogens with one attached hydrogen (secondary N) is 1. The summed E-state index contributed by atoms with van der Waals surface area (Å²) in [5.74, 6) is 0.0342. The number of hydrogen-bond donors (Lipinski definition) is 1. The average Bonchev–Trinajstić information content (AvgIpc) is 3.14. The van der Waals surface area contributed by atoms with Crippen LogP contribution in [0.3, 0.4) is 0 Å². The van der Waals surface area contributed by atoms with Gasteiger partial charge in [-0.05, 0) is 37.5 Å². The van der Waals surface area contributed by atoms with Crippen LogP contribution in [0.25, 0.3) is 0 Å². The van der Waals surface area contributed by atoms with Gasteiger partial charge in [-0.1, -0.05) is 23.2 Å². The fraction of sp³-hybridized carbons (Fsp3) is 0.588. The zero-order chi connectivity index (χ0) is 18.7. The highest BCUT2D eigenvalue weighted by atomic mass is 35.5. The van der Waals surface area contributed by atoms with Crippen molar-refractivity contribution in [2.24, 2.45) is 0 Å². The number of carbonyl (C=O) groups excluding carboxylic acids is 1. The fourth-order valence-corrected chi connectivity index (χ4v) is 5.75. The minimum Gasteiger partial charge on any atom is -0.377 e. The highest BCUT2D eigenvalue weighted by Crippen LogP contribution is 2.24. The molecule has 2 aliphatic rings. The van der Waals surface area contributed by atoms with E-state index < -0.39 is 9.84 Å². The first-order valence-electron chi connectivity index (χ1n) is 8.63. The smallest absolute Gasteiger partial charge is 0.238 e. The molecule has 144 valence electrons. The molecule has 0 spiro atoms. The first-order valence-corrected chi connectivity index (χ1v) is 11.2.